The van der Waals surface area contributed by atoms with Crippen LogP contribution in [-0.4, -0.2) is 30.5 Å². The van der Waals surface area contributed by atoms with E-state index in [1.807, 2.05) is 17.5 Å². The summed E-state index contributed by atoms with van der Waals surface area (Å²) in [4.78, 5) is 27.3. The number of aromatic nitrogens is 1. The van der Waals surface area contributed by atoms with E-state index in [-0.39, 0.29) is 18.3 Å². The van der Waals surface area contributed by atoms with E-state index < -0.39 is 0 Å². The third kappa shape index (κ3) is 7.09. The molecule has 2 aromatic rings. The summed E-state index contributed by atoms with van der Waals surface area (Å²) in [6.45, 7) is 0.672. The van der Waals surface area contributed by atoms with Gasteiger partial charge in [0, 0.05) is 18.3 Å². The summed E-state index contributed by atoms with van der Waals surface area (Å²) in [6, 6.07) is 3.67. The summed E-state index contributed by atoms with van der Waals surface area (Å²) in [5.74, 6) is 0.565. The number of methoxy groups -OCH3 is 1. The Bertz CT molecular complexity index is 652. The predicted molar refractivity (Wildman–Crippen MR) is 96.2 cm³/mol. The topological polar surface area (TPSA) is 81.4 Å². The highest BCUT2D eigenvalue weighted by atomic mass is 32.1. The minimum Gasteiger partial charge on any atom is -0.469 e. The number of carbonyl (C=O) groups excluding carboxylic acids is 2. The molecule has 0 aliphatic heterocycles. The van der Waals surface area contributed by atoms with Crippen molar-refractivity contribution in [3.8, 4) is 10.8 Å². The van der Waals surface area contributed by atoms with Crippen molar-refractivity contribution in [3.05, 3.63) is 29.5 Å². The van der Waals surface area contributed by atoms with Crippen LogP contribution in [-0.2, 0) is 20.7 Å². The Kier molecular flexibility index (Phi) is 8.18. The lowest BCUT2D eigenvalue weighted by Gasteiger charge is -2.04. The zero-order valence-corrected chi connectivity index (χ0v) is 15.3. The Morgan fingerprint density at radius 1 is 1.24 bits per heavy atom. The van der Waals surface area contributed by atoms with Gasteiger partial charge in [-0.3, -0.25) is 9.59 Å². The summed E-state index contributed by atoms with van der Waals surface area (Å²) in [7, 11) is 1.41. The van der Waals surface area contributed by atoms with Crippen molar-refractivity contribution in [3.63, 3.8) is 0 Å². The molecule has 0 aromatic carbocycles. The molecular weight excluding hydrogens is 340 g/mol. The van der Waals surface area contributed by atoms with Crippen LogP contribution >= 0.6 is 11.3 Å². The Hall–Kier alpha value is -2.15. The number of esters is 1. The van der Waals surface area contributed by atoms with Gasteiger partial charge in [0.2, 0.25) is 5.91 Å². The molecule has 0 atom stereocenters. The van der Waals surface area contributed by atoms with Gasteiger partial charge in [0.15, 0.2) is 10.8 Å². The summed E-state index contributed by atoms with van der Waals surface area (Å²) in [5.41, 5.74) is 0.761. The first-order valence-corrected chi connectivity index (χ1v) is 9.39. The highest BCUT2D eigenvalue weighted by Gasteiger charge is 2.10. The molecule has 0 saturated heterocycles. The molecule has 1 amide bonds. The normalized spacial score (nSPS) is 10.6. The number of carbonyl (C=O) groups is 2. The van der Waals surface area contributed by atoms with Crippen LogP contribution in [0.15, 0.2) is 28.2 Å². The molecule has 0 radical (unpaired) electrons. The van der Waals surface area contributed by atoms with Gasteiger partial charge in [-0.1, -0.05) is 19.3 Å². The van der Waals surface area contributed by atoms with Gasteiger partial charge in [-0.2, -0.15) is 0 Å². The minimum atomic E-state index is -0.149. The lowest BCUT2D eigenvalue weighted by atomic mass is 10.1. The molecule has 0 aliphatic carbocycles. The standard InChI is InChI=1S/C18H24N2O4S/c1-23-17(22)9-5-3-2-4-6-10-19-16(21)12-14-13-25-18(20-14)15-8-7-11-24-15/h7-8,11,13H,2-6,9-10,12H2,1H3,(H,19,21). The fourth-order valence-electron chi connectivity index (χ4n) is 2.38. The number of ether oxygens (including phenoxy) is 1. The summed E-state index contributed by atoms with van der Waals surface area (Å²) in [6.07, 6.45) is 7.30. The first-order chi connectivity index (χ1) is 12.2. The Labute approximate surface area is 151 Å². The number of amides is 1. The predicted octanol–water partition coefficient (Wildman–Crippen LogP) is 3.58. The molecule has 0 saturated carbocycles. The van der Waals surface area contributed by atoms with Crippen molar-refractivity contribution in [2.24, 2.45) is 0 Å². The number of hydrogen-bond acceptors (Lipinski definition) is 6. The van der Waals surface area contributed by atoms with Crippen LogP contribution in [0.5, 0.6) is 0 Å². The van der Waals surface area contributed by atoms with Crippen LogP contribution in [0.2, 0.25) is 0 Å². The Morgan fingerprint density at radius 2 is 2.04 bits per heavy atom. The molecule has 7 heteroatoms. The Balaban J connectivity index is 1.53. The first kappa shape index (κ1) is 19.2. The van der Waals surface area contributed by atoms with Crippen LogP contribution in [0.25, 0.3) is 10.8 Å². The number of unbranched alkanes of at least 4 members (excludes halogenated alkanes) is 4. The second-order valence-electron chi connectivity index (χ2n) is 5.74. The third-order valence-electron chi connectivity index (χ3n) is 3.73. The lowest BCUT2D eigenvalue weighted by molar-refractivity contribution is -0.140. The third-order valence-corrected chi connectivity index (χ3v) is 4.64. The second kappa shape index (κ2) is 10.7. The van der Waals surface area contributed by atoms with Crippen LogP contribution in [0.3, 0.4) is 0 Å². The fourth-order valence-corrected chi connectivity index (χ4v) is 3.17. The number of nitrogens with one attached hydrogen (secondary N) is 1. The van der Waals surface area contributed by atoms with E-state index in [0.29, 0.717) is 13.0 Å². The molecule has 6 nitrogen and oxygen atoms in total. The highest BCUT2D eigenvalue weighted by molar-refractivity contribution is 7.13. The molecule has 2 rings (SSSR count). The van der Waals surface area contributed by atoms with E-state index in [2.05, 4.69) is 15.0 Å². The van der Waals surface area contributed by atoms with Gasteiger partial charge in [-0.15, -0.1) is 11.3 Å². The van der Waals surface area contributed by atoms with Crippen molar-refractivity contribution in [1.29, 1.82) is 0 Å². The molecule has 2 heterocycles. The average Bonchev–Trinajstić information content (AvgIpc) is 3.28. The van der Waals surface area contributed by atoms with Crippen LogP contribution < -0.4 is 5.32 Å². The van der Waals surface area contributed by atoms with Crippen LogP contribution in [0.1, 0.15) is 44.2 Å². The molecule has 25 heavy (non-hydrogen) atoms. The van der Waals surface area contributed by atoms with Gasteiger partial charge < -0.3 is 14.5 Å². The minimum absolute atomic E-state index is 0.0120. The second-order valence-corrected chi connectivity index (χ2v) is 6.60. The van der Waals surface area contributed by atoms with Crippen molar-refractivity contribution >= 4 is 23.2 Å². The quantitative estimate of drug-likeness (QED) is 0.487. The molecule has 0 spiro atoms. The van der Waals surface area contributed by atoms with E-state index in [4.69, 9.17) is 4.42 Å². The molecule has 0 fully saturated rings. The molecule has 1 N–H and O–H groups in total. The summed E-state index contributed by atoms with van der Waals surface area (Å²) in [5, 5.41) is 5.60. The number of nitrogens with zero attached hydrogens (tertiary/aromatic N) is 1. The fraction of sp³-hybridized carbons (Fsp3) is 0.500. The molecule has 2 aromatic heterocycles. The van der Waals surface area contributed by atoms with Gasteiger partial charge in [0.25, 0.3) is 0 Å². The molecule has 136 valence electrons. The lowest BCUT2D eigenvalue weighted by Crippen LogP contribution is -2.26. The van der Waals surface area contributed by atoms with E-state index in [9.17, 15) is 9.59 Å². The first-order valence-electron chi connectivity index (χ1n) is 8.51. The van der Waals surface area contributed by atoms with Crippen LogP contribution in [0, 0.1) is 0 Å². The zero-order valence-electron chi connectivity index (χ0n) is 14.5. The summed E-state index contributed by atoms with van der Waals surface area (Å²) >= 11 is 1.47. The highest BCUT2D eigenvalue weighted by Crippen LogP contribution is 2.24. The van der Waals surface area contributed by atoms with E-state index in [1.165, 1.54) is 18.4 Å². The van der Waals surface area contributed by atoms with E-state index in [0.717, 1.165) is 48.6 Å². The maximum atomic E-state index is 11.9. The van der Waals surface area contributed by atoms with Crippen molar-refractivity contribution in [1.82, 2.24) is 10.3 Å². The smallest absolute Gasteiger partial charge is 0.305 e. The van der Waals surface area contributed by atoms with Crippen molar-refractivity contribution in [2.45, 2.75) is 44.9 Å². The van der Waals surface area contributed by atoms with Crippen LogP contribution in [0.4, 0.5) is 0 Å². The van der Waals surface area contributed by atoms with Crippen molar-refractivity contribution in [2.75, 3.05) is 13.7 Å². The largest absolute Gasteiger partial charge is 0.469 e. The number of furan rings is 1. The zero-order chi connectivity index (χ0) is 17.9. The molecule has 0 bridgehead atoms. The van der Waals surface area contributed by atoms with Gasteiger partial charge in [0.05, 0.1) is 25.5 Å². The maximum Gasteiger partial charge on any atom is 0.305 e. The maximum absolute atomic E-state index is 11.9. The van der Waals surface area contributed by atoms with Gasteiger partial charge in [-0.25, -0.2) is 4.98 Å². The van der Waals surface area contributed by atoms with Gasteiger partial charge in [-0.05, 0) is 25.0 Å². The molecular formula is C18H24N2O4S. The SMILES string of the molecule is COC(=O)CCCCCCCNC(=O)Cc1csc(-c2ccco2)n1. The number of rotatable bonds is 11. The van der Waals surface area contributed by atoms with Gasteiger partial charge in [0.1, 0.15) is 0 Å². The van der Waals surface area contributed by atoms with E-state index >= 15 is 0 Å². The van der Waals surface area contributed by atoms with E-state index in [1.54, 1.807) is 6.26 Å². The molecule has 0 aliphatic rings. The number of hydrogen-bond donors (Lipinski definition) is 1. The molecule has 0 unspecified atom stereocenters. The number of thiazole rings is 1. The van der Waals surface area contributed by atoms with Gasteiger partial charge >= 0.3 is 5.97 Å². The monoisotopic (exact) mass is 364 g/mol. The Morgan fingerprint density at radius 3 is 2.80 bits per heavy atom. The van der Waals surface area contributed by atoms with Crippen molar-refractivity contribution < 1.29 is 18.7 Å². The average molecular weight is 364 g/mol. The summed E-state index contributed by atoms with van der Waals surface area (Å²) < 4.78 is 9.90.